The van der Waals surface area contributed by atoms with Crippen LogP contribution >= 0.6 is 0 Å². The molecule has 0 bridgehead atoms. The van der Waals surface area contributed by atoms with Crippen molar-refractivity contribution < 1.29 is 34.8 Å². The minimum absolute atomic E-state index is 0.00754. The van der Waals surface area contributed by atoms with E-state index < -0.39 is 54.8 Å². The summed E-state index contributed by atoms with van der Waals surface area (Å²) in [7, 11) is -9.96. The lowest BCUT2D eigenvalue weighted by atomic mass is 10.2. The summed E-state index contributed by atoms with van der Waals surface area (Å²) in [5.74, 6) is 0.166. The molecule has 1 aliphatic rings. The van der Waals surface area contributed by atoms with E-state index in [2.05, 4.69) is 0 Å². The Morgan fingerprint density at radius 2 is 1.42 bits per heavy atom. The van der Waals surface area contributed by atoms with Crippen LogP contribution in [0.5, 0.6) is 0 Å². The summed E-state index contributed by atoms with van der Waals surface area (Å²) in [6.07, 6.45) is -1.76. The Morgan fingerprint density at radius 3 is 1.98 bits per heavy atom. The molecule has 0 N–H and O–H groups in total. The Hall–Kier alpha value is -3.10. The van der Waals surface area contributed by atoms with Gasteiger partial charge >= 0.3 is 6.09 Å². The highest BCUT2D eigenvalue weighted by molar-refractivity contribution is 7.89. The molecular formula is C32H40N2O8S3. The second-order valence-corrected chi connectivity index (χ2v) is 17.0. The third-order valence-electron chi connectivity index (χ3n) is 7.16. The van der Waals surface area contributed by atoms with Crippen LogP contribution in [0.3, 0.4) is 0 Å². The fourth-order valence-corrected chi connectivity index (χ4v) is 8.74. The van der Waals surface area contributed by atoms with Crippen LogP contribution in [0.4, 0.5) is 4.79 Å². The molecule has 0 aromatic heterocycles. The summed E-state index contributed by atoms with van der Waals surface area (Å²) < 4.78 is 80.7. The quantitative estimate of drug-likeness (QED) is 0.263. The van der Waals surface area contributed by atoms with Gasteiger partial charge in [0.15, 0.2) is 0 Å². The number of carbonyl (C=O) groups excluding carboxylic acids is 1. The zero-order valence-electron chi connectivity index (χ0n) is 26.1. The van der Waals surface area contributed by atoms with Gasteiger partial charge in [-0.3, -0.25) is 8.39 Å². The Balaban J connectivity index is 1.70. The average molecular weight is 677 g/mol. The molecule has 3 atom stereocenters. The van der Waals surface area contributed by atoms with E-state index >= 15 is 0 Å². The molecule has 244 valence electrons. The lowest BCUT2D eigenvalue weighted by molar-refractivity contribution is 0.0274. The molecule has 1 saturated heterocycles. The number of nitrogens with zero attached hydrogens (tertiary/aromatic N) is 2. The summed E-state index contributed by atoms with van der Waals surface area (Å²) in [5.41, 5.74) is 0.877. The van der Waals surface area contributed by atoms with Crippen LogP contribution in [-0.2, 0) is 39.9 Å². The molecule has 1 fully saturated rings. The molecule has 3 aromatic rings. The smallest absolute Gasteiger partial charge is 0.410 e. The molecule has 1 amide bonds. The van der Waals surface area contributed by atoms with Crippen molar-refractivity contribution in [3.8, 4) is 0 Å². The van der Waals surface area contributed by atoms with Crippen LogP contribution in [0.15, 0.2) is 93.5 Å². The molecular weight excluding hydrogens is 637 g/mol. The number of likely N-dealkylation sites (tertiary alicyclic amines) is 1. The van der Waals surface area contributed by atoms with E-state index in [1.807, 2.05) is 19.9 Å². The fourth-order valence-electron chi connectivity index (χ4n) is 4.88. The normalized spacial score (nSPS) is 18.2. The largest absolute Gasteiger partial charge is 0.444 e. The first-order valence-electron chi connectivity index (χ1n) is 14.6. The molecule has 45 heavy (non-hydrogen) atoms. The van der Waals surface area contributed by atoms with Gasteiger partial charge in [0.25, 0.3) is 10.1 Å². The Labute approximate surface area is 269 Å². The van der Waals surface area contributed by atoms with Gasteiger partial charge in [-0.1, -0.05) is 53.6 Å². The maximum absolute atomic E-state index is 14.2. The van der Waals surface area contributed by atoms with E-state index in [1.54, 1.807) is 69.3 Å². The summed E-state index contributed by atoms with van der Waals surface area (Å²) >= 11 is 0. The van der Waals surface area contributed by atoms with Crippen molar-refractivity contribution in [3.05, 3.63) is 90.0 Å². The standard InChI is InChI=1S/C32H40N2O8S3/c1-24-12-16-27(17-13-24)44(37,38)34(20-9-21-43(36)26-10-7-6-8-11-26)29-22-33(31(35)41-32(3,4)5)23-30(29)42-45(39,40)28-18-14-25(2)15-19-28/h6-8,10-19,29-30H,9,20-23H2,1-5H3/t29-,30-,43?/m0/s1. The average Bonchev–Trinajstić information content (AvgIpc) is 3.37. The number of carbonyl (C=O) groups is 1. The molecule has 1 unspecified atom stereocenters. The highest BCUT2D eigenvalue weighted by Crippen LogP contribution is 2.30. The van der Waals surface area contributed by atoms with Crippen LogP contribution < -0.4 is 0 Å². The third kappa shape index (κ3) is 9.01. The van der Waals surface area contributed by atoms with E-state index in [1.165, 1.54) is 33.5 Å². The first-order chi connectivity index (χ1) is 21.1. The van der Waals surface area contributed by atoms with Crippen LogP contribution in [0.2, 0.25) is 0 Å². The number of sulfonamides is 1. The van der Waals surface area contributed by atoms with Crippen molar-refractivity contribution in [2.45, 2.75) is 73.5 Å². The summed E-state index contributed by atoms with van der Waals surface area (Å²) in [5, 5.41) is 0. The minimum Gasteiger partial charge on any atom is -0.444 e. The topological polar surface area (TPSA) is 127 Å². The van der Waals surface area contributed by atoms with Crippen LogP contribution in [0.1, 0.15) is 38.3 Å². The zero-order valence-corrected chi connectivity index (χ0v) is 28.5. The van der Waals surface area contributed by atoms with Gasteiger partial charge < -0.3 is 9.64 Å². The molecule has 1 heterocycles. The number of benzene rings is 3. The van der Waals surface area contributed by atoms with Crippen molar-refractivity contribution in [1.82, 2.24) is 9.21 Å². The maximum atomic E-state index is 14.2. The molecule has 0 saturated carbocycles. The van der Waals surface area contributed by atoms with Gasteiger partial charge in [0.2, 0.25) is 10.0 Å². The molecule has 10 nitrogen and oxygen atoms in total. The van der Waals surface area contributed by atoms with Gasteiger partial charge in [0.05, 0.1) is 33.2 Å². The Kier molecular flexibility index (Phi) is 10.9. The van der Waals surface area contributed by atoms with Crippen LogP contribution in [-0.4, -0.2) is 79.5 Å². The SMILES string of the molecule is Cc1ccc(S(=O)(=O)O[C@H]2CN(C(=O)OC(C)(C)C)C[C@@H]2N(CCCS(=O)c2ccccc2)S(=O)(=O)c2ccc(C)cc2)cc1. The van der Waals surface area contributed by atoms with E-state index in [4.69, 9.17) is 8.92 Å². The molecule has 4 rings (SSSR count). The van der Waals surface area contributed by atoms with Crippen molar-refractivity contribution in [2.75, 3.05) is 25.4 Å². The van der Waals surface area contributed by atoms with Crippen molar-refractivity contribution in [2.24, 2.45) is 0 Å². The molecule has 13 heteroatoms. The summed E-state index contributed by atoms with van der Waals surface area (Å²) in [4.78, 5) is 15.0. The van der Waals surface area contributed by atoms with Crippen molar-refractivity contribution in [3.63, 3.8) is 0 Å². The summed E-state index contributed by atoms with van der Waals surface area (Å²) in [6, 6.07) is 20.2. The molecule has 0 radical (unpaired) electrons. The highest BCUT2D eigenvalue weighted by Gasteiger charge is 2.47. The zero-order chi connectivity index (χ0) is 33.0. The molecule has 0 spiro atoms. The van der Waals surface area contributed by atoms with Gasteiger partial charge in [-0.15, -0.1) is 0 Å². The van der Waals surface area contributed by atoms with Gasteiger partial charge in [-0.05, 0) is 77.4 Å². The predicted octanol–water partition coefficient (Wildman–Crippen LogP) is 4.89. The third-order valence-corrected chi connectivity index (χ3v) is 11.9. The van der Waals surface area contributed by atoms with Crippen molar-refractivity contribution in [1.29, 1.82) is 0 Å². The lowest BCUT2D eigenvalue weighted by Crippen LogP contribution is -2.48. The Bertz CT molecular complexity index is 1700. The molecule has 1 aliphatic heterocycles. The number of ether oxygens (including phenoxy) is 1. The highest BCUT2D eigenvalue weighted by atomic mass is 32.2. The Morgan fingerprint density at radius 1 is 0.867 bits per heavy atom. The maximum Gasteiger partial charge on any atom is 0.410 e. The number of hydrogen-bond donors (Lipinski definition) is 0. The van der Waals surface area contributed by atoms with E-state index in [-0.39, 0.29) is 41.6 Å². The van der Waals surface area contributed by atoms with Crippen molar-refractivity contribution >= 4 is 37.0 Å². The van der Waals surface area contributed by atoms with Gasteiger partial charge in [0.1, 0.15) is 11.7 Å². The number of rotatable bonds is 11. The minimum atomic E-state index is -4.35. The first kappa shape index (κ1) is 34.8. The van der Waals surface area contributed by atoms with Crippen LogP contribution in [0.25, 0.3) is 0 Å². The molecule has 3 aromatic carbocycles. The number of hydrogen-bond acceptors (Lipinski definition) is 8. The van der Waals surface area contributed by atoms with Gasteiger partial charge in [-0.2, -0.15) is 12.7 Å². The van der Waals surface area contributed by atoms with Crippen LogP contribution in [0, 0.1) is 13.8 Å². The predicted molar refractivity (Wildman–Crippen MR) is 172 cm³/mol. The van der Waals surface area contributed by atoms with Gasteiger partial charge in [0, 0.05) is 23.7 Å². The van der Waals surface area contributed by atoms with E-state index in [0.717, 1.165) is 11.1 Å². The second kappa shape index (κ2) is 14.1. The molecule has 0 aliphatic carbocycles. The number of aryl methyl sites for hydroxylation is 2. The second-order valence-electron chi connectivity index (χ2n) is 12.0. The first-order valence-corrected chi connectivity index (χ1v) is 18.7. The fraction of sp³-hybridized carbons (Fsp3) is 0.406. The van der Waals surface area contributed by atoms with Gasteiger partial charge in [-0.25, -0.2) is 13.2 Å². The monoisotopic (exact) mass is 676 g/mol. The van der Waals surface area contributed by atoms with E-state index in [9.17, 15) is 25.8 Å². The van der Waals surface area contributed by atoms with E-state index in [0.29, 0.717) is 4.90 Å². The number of amides is 1. The summed E-state index contributed by atoms with van der Waals surface area (Å²) in [6.45, 7) is 8.28. The lowest BCUT2D eigenvalue weighted by Gasteiger charge is -2.31.